The fraction of sp³-hybridized carbons (Fsp3) is 0.800. The van der Waals surface area contributed by atoms with Crippen LogP contribution in [0.25, 0.3) is 0 Å². The number of hydrogen-bond donors (Lipinski definition) is 1. The lowest BCUT2D eigenvalue weighted by Crippen LogP contribution is -2.40. The molecular formula is C15H26N2S. The van der Waals surface area contributed by atoms with Gasteiger partial charge in [0.15, 0.2) is 0 Å². The van der Waals surface area contributed by atoms with Gasteiger partial charge in [0.1, 0.15) is 0 Å². The molecular weight excluding hydrogens is 240 g/mol. The van der Waals surface area contributed by atoms with Crippen molar-refractivity contribution in [3.63, 3.8) is 0 Å². The molecule has 1 aliphatic carbocycles. The zero-order valence-corrected chi connectivity index (χ0v) is 12.7. The molecule has 3 heteroatoms. The maximum absolute atomic E-state index is 4.64. The predicted molar refractivity (Wildman–Crippen MR) is 78.9 cm³/mol. The number of aromatic nitrogens is 1. The molecule has 0 spiro atoms. The van der Waals surface area contributed by atoms with Gasteiger partial charge in [-0.15, -0.1) is 11.3 Å². The molecule has 0 amide bonds. The molecule has 1 fully saturated rings. The van der Waals surface area contributed by atoms with Gasteiger partial charge in [-0.3, -0.25) is 0 Å². The van der Waals surface area contributed by atoms with E-state index < -0.39 is 0 Å². The van der Waals surface area contributed by atoms with Crippen LogP contribution in [0.4, 0.5) is 0 Å². The van der Waals surface area contributed by atoms with E-state index in [9.17, 15) is 0 Å². The van der Waals surface area contributed by atoms with Crippen LogP contribution in [0.5, 0.6) is 0 Å². The molecule has 0 bridgehead atoms. The van der Waals surface area contributed by atoms with Gasteiger partial charge in [0.2, 0.25) is 0 Å². The van der Waals surface area contributed by atoms with E-state index in [1.807, 2.05) is 0 Å². The molecule has 1 heterocycles. The molecule has 2 nitrogen and oxygen atoms in total. The standard InChI is InChI=1S/C15H26N2S/c1-4-15-17-12(10-18-15)9-16-14-8-6-5-7-13(14)11(2)3/h10-11,13-14,16H,4-9H2,1-3H3. The van der Waals surface area contributed by atoms with Crippen molar-refractivity contribution >= 4 is 11.3 Å². The predicted octanol–water partition coefficient (Wildman–Crippen LogP) is 4.01. The van der Waals surface area contributed by atoms with E-state index in [-0.39, 0.29) is 0 Å². The van der Waals surface area contributed by atoms with Gasteiger partial charge in [-0.1, -0.05) is 33.6 Å². The lowest BCUT2D eigenvalue weighted by atomic mass is 9.78. The molecule has 1 aromatic rings. The number of rotatable bonds is 5. The second-order valence-corrected chi connectivity index (χ2v) is 6.71. The monoisotopic (exact) mass is 266 g/mol. The van der Waals surface area contributed by atoms with Crippen molar-refractivity contribution in [2.45, 2.75) is 65.5 Å². The van der Waals surface area contributed by atoms with Gasteiger partial charge in [0, 0.05) is 18.0 Å². The summed E-state index contributed by atoms with van der Waals surface area (Å²) in [6, 6.07) is 0.700. The van der Waals surface area contributed by atoms with Gasteiger partial charge < -0.3 is 5.32 Å². The van der Waals surface area contributed by atoms with Gasteiger partial charge >= 0.3 is 0 Å². The molecule has 0 aliphatic heterocycles. The molecule has 2 rings (SSSR count). The summed E-state index contributed by atoms with van der Waals surface area (Å²) < 4.78 is 0. The smallest absolute Gasteiger partial charge is 0.0926 e. The highest BCUT2D eigenvalue weighted by molar-refractivity contribution is 7.09. The summed E-state index contributed by atoms with van der Waals surface area (Å²) in [4.78, 5) is 4.64. The summed E-state index contributed by atoms with van der Waals surface area (Å²) >= 11 is 1.79. The van der Waals surface area contributed by atoms with Crippen LogP contribution in [0, 0.1) is 11.8 Å². The molecule has 102 valence electrons. The minimum Gasteiger partial charge on any atom is -0.308 e. The lowest BCUT2D eigenvalue weighted by molar-refractivity contribution is 0.204. The maximum atomic E-state index is 4.64. The number of aryl methyl sites for hydroxylation is 1. The van der Waals surface area contributed by atoms with Gasteiger partial charge in [-0.05, 0) is 31.1 Å². The van der Waals surface area contributed by atoms with Gasteiger partial charge in [-0.2, -0.15) is 0 Å². The summed E-state index contributed by atoms with van der Waals surface area (Å²) in [7, 11) is 0. The normalized spacial score (nSPS) is 24.7. The fourth-order valence-electron chi connectivity index (χ4n) is 3.04. The van der Waals surface area contributed by atoms with E-state index in [2.05, 4.69) is 36.5 Å². The molecule has 2 unspecified atom stereocenters. The summed E-state index contributed by atoms with van der Waals surface area (Å²) in [5.74, 6) is 1.65. The van der Waals surface area contributed by atoms with Crippen LogP contribution < -0.4 is 5.32 Å². The van der Waals surface area contributed by atoms with E-state index in [0.717, 1.165) is 24.8 Å². The Bertz CT molecular complexity index is 359. The van der Waals surface area contributed by atoms with Gasteiger partial charge in [0.25, 0.3) is 0 Å². The van der Waals surface area contributed by atoms with Gasteiger partial charge in [-0.25, -0.2) is 4.98 Å². The molecule has 0 radical (unpaired) electrons. The first-order valence-electron chi connectivity index (χ1n) is 7.37. The van der Waals surface area contributed by atoms with E-state index in [1.165, 1.54) is 36.4 Å². The highest BCUT2D eigenvalue weighted by atomic mass is 32.1. The average molecular weight is 266 g/mol. The van der Waals surface area contributed by atoms with Crippen molar-refractivity contribution in [1.82, 2.24) is 10.3 Å². The Morgan fingerprint density at radius 1 is 1.39 bits per heavy atom. The Kier molecular flexibility index (Phi) is 5.19. The Balaban J connectivity index is 1.87. The fourth-order valence-corrected chi connectivity index (χ4v) is 3.78. The van der Waals surface area contributed by atoms with Gasteiger partial charge in [0.05, 0.1) is 10.7 Å². The molecule has 1 saturated carbocycles. The Morgan fingerprint density at radius 2 is 2.17 bits per heavy atom. The average Bonchev–Trinajstić information content (AvgIpc) is 2.84. The molecule has 2 atom stereocenters. The first kappa shape index (κ1) is 14.0. The van der Waals surface area contributed by atoms with Crippen molar-refractivity contribution in [3.05, 3.63) is 16.1 Å². The van der Waals surface area contributed by atoms with Crippen LogP contribution in [0.2, 0.25) is 0 Å². The summed E-state index contributed by atoms with van der Waals surface area (Å²) in [6.07, 6.45) is 6.60. The largest absolute Gasteiger partial charge is 0.308 e. The molecule has 0 saturated heterocycles. The highest BCUT2D eigenvalue weighted by Crippen LogP contribution is 2.30. The molecule has 1 aromatic heterocycles. The molecule has 1 N–H and O–H groups in total. The summed E-state index contributed by atoms with van der Waals surface area (Å²) in [5.41, 5.74) is 1.23. The topological polar surface area (TPSA) is 24.9 Å². The van der Waals surface area contributed by atoms with Crippen LogP contribution in [-0.2, 0) is 13.0 Å². The molecule has 18 heavy (non-hydrogen) atoms. The zero-order chi connectivity index (χ0) is 13.0. The van der Waals surface area contributed by atoms with Crippen molar-refractivity contribution < 1.29 is 0 Å². The highest BCUT2D eigenvalue weighted by Gasteiger charge is 2.26. The van der Waals surface area contributed by atoms with Crippen LogP contribution in [0.3, 0.4) is 0 Å². The van der Waals surface area contributed by atoms with Crippen LogP contribution in [0.15, 0.2) is 5.38 Å². The van der Waals surface area contributed by atoms with Crippen molar-refractivity contribution in [3.8, 4) is 0 Å². The van der Waals surface area contributed by atoms with E-state index in [1.54, 1.807) is 11.3 Å². The van der Waals surface area contributed by atoms with Crippen LogP contribution in [0.1, 0.15) is 57.2 Å². The minimum atomic E-state index is 0.700. The third-order valence-corrected chi connectivity index (χ3v) is 5.16. The number of nitrogens with zero attached hydrogens (tertiary/aromatic N) is 1. The van der Waals surface area contributed by atoms with Crippen LogP contribution in [-0.4, -0.2) is 11.0 Å². The van der Waals surface area contributed by atoms with Crippen molar-refractivity contribution in [1.29, 1.82) is 0 Å². The molecule has 1 aliphatic rings. The van der Waals surface area contributed by atoms with Crippen LogP contribution >= 0.6 is 11.3 Å². The summed E-state index contributed by atoms with van der Waals surface area (Å²) in [5, 5.41) is 7.22. The third kappa shape index (κ3) is 3.55. The summed E-state index contributed by atoms with van der Waals surface area (Å²) in [6.45, 7) is 7.85. The lowest BCUT2D eigenvalue weighted by Gasteiger charge is -2.35. The number of nitrogens with one attached hydrogen (secondary N) is 1. The Hall–Kier alpha value is -0.410. The van der Waals surface area contributed by atoms with Crippen molar-refractivity contribution in [2.75, 3.05) is 0 Å². The Morgan fingerprint density at radius 3 is 2.83 bits per heavy atom. The second kappa shape index (κ2) is 6.67. The molecule has 0 aromatic carbocycles. The Labute approximate surface area is 115 Å². The number of thiazole rings is 1. The third-order valence-electron chi connectivity index (χ3n) is 4.12. The number of hydrogen-bond acceptors (Lipinski definition) is 3. The van der Waals surface area contributed by atoms with E-state index >= 15 is 0 Å². The SMILES string of the molecule is CCc1nc(CNC2CCCCC2C(C)C)cs1. The van der Waals surface area contributed by atoms with E-state index in [4.69, 9.17) is 0 Å². The first-order chi connectivity index (χ1) is 8.70. The minimum absolute atomic E-state index is 0.700. The van der Waals surface area contributed by atoms with E-state index in [0.29, 0.717) is 6.04 Å². The second-order valence-electron chi connectivity index (χ2n) is 5.77. The maximum Gasteiger partial charge on any atom is 0.0926 e. The quantitative estimate of drug-likeness (QED) is 0.871. The zero-order valence-electron chi connectivity index (χ0n) is 11.9. The van der Waals surface area contributed by atoms with Crippen molar-refractivity contribution in [2.24, 2.45) is 11.8 Å². The first-order valence-corrected chi connectivity index (χ1v) is 8.25.